The van der Waals surface area contributed by atoms with E-state index in [1.807, 2.05) is 13.8 Å². The summed E-state index contributed by atoms with van der Waals surface area (Å²) in [5.41, 5.74) is -2.34. The SMILES string of the molecule is CC(C)CCC1(C)NC(=O)N(CC(=O)Nc2ccc(Cl)c(C(F)(F)F)c2)C1=O. The molecule has 1 aromatic rings. The Labute approximate surface area is 165 Å². The largest absolute Gasteiger partial charge is 0.417 e. The lowest BCUT2D eigenvalue weighted by Crippen LogP contribution is -2.44. The Morgan fingerprint density at radius 3 is 2.54 bits per heavy atom. The van der Waals surface area contributed by atoms with E-state index in [4.69, 9.17) is 11.6 Å². The summed E-state index contributed by atoms with van der Waals surface area (Å²) in [6, 6.07) is 2.20. The van der Waals surface area contributed by atoms with E-state index in [1.54, 1.807) is 6.92 Å². The molecule has 0 aromatic heterocycles. The maximum Gasteiger partial charge on any atom is 0.417 e. The molecule has 1 saturated heterocycles. The average Bonchev–Trinajstić information content (AvgIpc) is 2.77. The molecule has 10 heteroatoms. The molecule has 0 aliphatic carbocycles. The molecule has 6 nitrogen and oxygen atoms in total. The first kappa shape index (κ1) is 22.0. The predicted molar refractivity (Wildman–Crippen MR) is 97.8 cm³/mol. The summed E-state index contributed by atoms with van der Waals surface area (Å²) < 4.78 is 38.7. The number of carbonyl (C=O) groups is 3. The predicted octanol–water partition coefficient (Wildman–Crippen LogP) is 4.04. The number of carbonyl (C=O) groups excluding carboxylic acids is 3. The number of nitrogens with one attached hydrogen (secondary N) is 2. The van der Waals surface area contributed by atoms with E-state index >= 15 is 0 Å². The van der Waals surface area contributed by atoms with Crippen molar-refractivity contribution in [3.8, 4) is 0 Å². The number of amides is 4. The van der Waals surface area contributed by atoms with Crippen molar-refractivity contribution < 1.29 is 27.6 Å². The Balaban J connectivity index is 2.07. The molecule has 0 spiro atoms. The van der Waals surface area contributed by atoms with Crippen LogP contribution >= 0.6 is 11.6 Å². The summed E-state index contributed by atoms with van der Waals surface area (Å²) in [7, 11) is 0. The molecule has 1 aromatic carbocycles. The highest BCUT2D eigenvalue weighted by Gasteiger charge is 2.47. The van der Waals surface area contributed by atoms with Gasteiger partial charge in [0.2, 0.25) is 5.91 Å². The number of hydrogen-bond acceptors (Lipinski definition) is 3. The molecule has 1 aliphatic heterocycles. The maximum atomic E-state index is 12.9. The number of nitrogens with zero attached hydrogens (tertiary/aromatic N) is 1. The number of urea groups is 1. The Bertz CT molecular complexity index is 798. The molecule has 0 radical (unpaired) electrons. The van der Waals surface area contributed by atoms with Crippen molar-refractivity contribution in [2.24, 2.45) is 5.92 Å². The molecule has 1 atom stereocenters. The Morgan fingerprint density at radius 2 is 1.96 bits per heavy atom. The Kier molecular flexibility index (Phi) is 6.27. The number of imide groups is 1. The molecule has 1 unspecified atom stereocenters. The van der Waals surface area contributed by atoms with Crippen LogP contribution in [0, 0.1) is 5.92 Å². The topological polar surface area (TPSA) is 78.5 Å². The van der Waals surface area contributed by atoms with E-state index in [2.05, 4.69) is 10.6 Å². The van der Waals surface area contributed by atoms with E-state index in [0.717, 1.165) is 11.0 Å². The van der Waals surface area contributed by atoms with Crippen molar-refractivity contribution in [3.63, 3.8) is 0 Å². The summed E-state index contributed by atoms with van der Waals surface area (Å²) in [6.45, 7) is 4.95. The molecular formula is C18H21ClF3N3O3. The van der Waals surface area contributed by atoms with Crippen LogP contribution in [0.5, 0.6) is 0 Å². The smallest absolute Gasteiger partial charge is 0.325 e. The second kappa shape index (κ2) is 7.98. The molecule has 2 N–H and O–H groups in total. The van der Waals surface area contributed by atoms with E-state index in [0.29, 0.717) is 24.8 Å². The second-order valence-electron chi connectivity index (χ2n) is 7.33. The molecule has 1 heterocycles. The average molecular weight is 420 g/mol. The van der Waals surface area contributed by atoms with Crippen LogP contribution in [-0.2, 0) is 15.8 Å². The van der Waals surface area contributed by atoms with Gasteiger partial charge in [0, 0.05) is 5.69 Å². The minimum atomic E-state index is -4.68. The van der Waals surface area contributed by atoms with Crippen molar-refractivity contribution in [2.75, 3.05) is 11.9 Å². The molecule has 28 heavy (non-hydrogen) atoms. The van der Waals surface area contributed by atoms with Gasteiger partial charge in [-0.3, -0.25) is 14.5 Å². The summed E-state index contributed by atoms with van der Waals surface area (Å²) >= 11 is 5.54. The zero-order valence-corrected chi connectivity index (χ0v) is 16.4. The van der Waals surface area contributed by atoms with E-state index in [1.165, 1.54) is 6.07 Å². The summed E-state index contributed by atoms with van der Waals surface area (Å²) in [5.74, 6) is -1.01. The van der Waals surface area contributed by atoms with Gasteiger partial charge in [-0.25, -0.2) is 4.79 Å². The second-order valence-corrected chi connectivity index (χ2v) is 7.73. The number of hydrogen-bond donors (Lipinski definition) is 2. The fourth-order valence-corrected chi connectivity index (χ4v) is 3.03. The molecule has 154 valence electrons. The van der Waals surface area contributed by atoms with Gasteiger partial charge >= 0.3 is 12.2 Å². The minimum Gasteiger partial charge on any atom is -0.325 e. The van der Waals surface area contributed by atoms with Gasteiger partial charge in [-0.15, -0.1) is 0 Å². The standard InChI is InChI=1S/C18H21ClF3N3O3/c1-10(2)6-7-17(3)15(27)25(16(28)24-17)9-14(26)23-11-4-5-13(19)12(8-11)18(20,21)22/h4-5,8,10H,6-7,9H2,1-3H3,(H,23,26)(H,24,28). The van der Waals surface area contributed by atoms with Crippen LogP contribution in [0.25, 0.3) is 0 Å². The van der Waals surface area contributed by atoms with Gasteiger partial charge in [0.25, 0.3) is 5.91 Å². The van der Waals surface area contributed by atoms with Gasteiger partial charge in [0.15, 0.2) is 0 Å². The van der Waals surface area contributed by atoms with E-state index in [9.17, 15) is 27.6 Å². The highest BCUT2D eigenvalue weighted by atomic mass is 35.5. The van der Waals surface area contributed by atoms with Gasteiger partial charge in [-0.05, 0) is 43.9 Å². The molecule has 4 amide bonds. The Hall–Kier alpha value is -2.29. The van der Waals surface area contributed by atoms with Crippen molar-refractivity contribution in [2.45, 2.75) is 45.3 Å². The van der Waals surface area contributed by atoms with Crippen LogP contribution in [0.1, 0.15) is 39.2 Å². The fourth-order valence-electron chi connectivity index (χ4n) is 2.80. The Morgan fingerprint density at radius 1 is 1.32 bits per heavy atom. The van der Waals surface area contributed by atoms with E-state index in [-0.39, 0.29) is 5.69 Å². The molecule has 0 saturated carbocycles. The lowest BCUT2D eigenvalue weighted by atomic mass is 9.92. The van der Waals surface area contributed by atoms with Crippen LogP contribution < -0.4 is 10.6 Å². The number of anilines is 1. The third-order valence-corrected chi connectivity index (χ3v) is 4.75. The van der Waals surface area contributed by atoms with E-state index < -0.39 is 46.7 Å². The zero-order valence-electron chi connectivity index (χ0n) is 15.6. The lowest BCUT2D eigenvalue weighted by molar-refractivity contribution is -0.137. The first-order chi connectivity index (χ1) is 12.8. The molecule has 0 bridgehead atoms. The normalized spacial score (nSPS) is 19.9. The van der Waals surface area contributed by atoms with Gasteiger partial charge in [0.1, 0.15) is 12.1 Å². The molecule has 1 fully saturated rings. The third kappa shape index (κ3) is 4.95. The maximum absolute atomic E-state index is 12.9. The van der Waals surface area contributed by atoms with Crippen LogP contribution in [-0.4, -0.2) is 34.8 Å². The van der Waals surface area contributed by atoms with Gasteiger partial charge in [-0.2, -0.15) is 13.2 Å². The number of rotatable bonds is 6. The van der Waals surface area contributed by atoms with Crippen LogP contribution in [0.3, 0.4) is 0 Å². The highest BCUT2D eigenvalue weighted by molar-refractivity contribution is 6.31. The summed E-state index contributed by atoms with van der Waals surface area (Å²) in [4.78, 5) is 37.6. The van der Waals surface area contributed by atoms with Crippen molar-refractivity contribution in [1.29, 1.82) is 0 Å². The van der Waals surface area contributed by atoms with Gasteiger partial charge < -0.3 is 10.6 Å². The lowest BCUT2D eigenvalue weighted by Gasteiger charge is -2.22. The third-order valence-electron chi connectivity index (χ3n) is 4.42. The number of halogens is 4. The highest BCUT2D eigenvalue weighted by Crippen LogP contribution is 2.36. The molecular weight excluding hydrogens is 399 g/mol. The van der Waals surface area contributed by atoms with Crippen molar-refractivity contribution in [3.05, 3.63) is 28.8 Å². The van der Waals surface area contributed by atoms with Gasteiger partial charge in [0.05, 0.1) is 10.6 Å². The van der Waals surface area contributed by atoms with Gasteiger partial charge in [-0.1, -0.05) is 25.4 Å². The summed E-state index contributed by atoms with van der Waals surface area (Å²) in [6.07, 6.45) is -3.56. The zero-order chi connectivity index (χ0) is 21.3. The monoisotopic (exact) mass is 419 g/mol. The minimum absolute atomic E-state index is 0.142. The van der Waals surface area contributed by atoms with Crippen LogP contribution in [0.2, 0.25) is 5.02 Å². The van der Waals surface area contributed by atoms with Crippen LogP contribution in [0.4, 0.5) is 23.7 Å². The van der Waals surface area contributed by atoms with Crippen LogP contribution in [0.15, 0.2) is 18.2 Å². The quantitative estimate of drug-likeness (QED) is 0.683. The molecule has 2 rings (SSSR count). The van der Waals surface area contributed by atoms with Crippen molar-refractivity contribution in [1.82, 2.24) is 10.2 Å². The first-order valence-electron chi connectivity index (χ1n) is 8.64. The fraction of sp³-hybridized carbons (Fsp3) is 0.500. The first-order valence-corrected chi connectivity index (χ1v) is 9.02. The number of benzene rings is 1. The summed E-state index contributed by atoms with van der Waals surface area (Å²) in [5, 5.41) is 4.34. The number of alkyl halides is 3. The molecule has 1 aliphatic rings. The van der Waals surface area contributed by atoms with Crippen molar-refractivity contribution >= 4 is 35.1 Å².